The number of ether oxygens (including phenoxy) is 1. The van der Waals surface area contributed by atoms with Gasteiger partial charge in [0.05, 0.1) is 5.69 Å². The second-order valence-electron chi connectivity index (χ2n) is 4.05. The fourth-order valence-electron chi connectivity index (χ4n) is 1.83. The van der Waals surface area contributed by atoms with Crippen LogP contribution in [0.25, 0.3) is 0 Å². The maximum absolute atomic E-state index is 13.1. The van der Waals surface area contributed by atoms with E-state index in [4.69, 9.17) is 22.7 Å². The molecule has 0 aromatic heterocycles. The molecule has 0 aliphatic carbocycles. The average molecular weight is 268 g/mol. The van der Waals surface area contributed by atoms with Crippen LogP contribution in [0, 0.1) is 5.82 Å². The number of hydrogen-bond donors (Lipinski definition) is 2. The molecule has 1 fully saturated rings. The fraction of sp³-hybridized carbons (Fsp3) is 0.333. The van der Waals surface area contributed by atoms with Crippen LogP contribution in [0.4, 0.5) is 10.1 Å². The van der Waals surface area contributed by atoms with E-state index >= 15 is 0 Å². The number of nitrogens with one attached hydrogen (secondary N) is 1. The Bertz CT molecular complexity index is 487. The van der Waals surface area contributed by atoms with Crippen molar-refractivity contribution in [2.45, 2.75) is 18.9 Å². The molecule has 0 bridgehead atoms. The van der Waals surface area contributed by atoms with Gasteiger partial charge in [0.2, 0.25) is 0 Å². The van der Waals surface area contributed by atoms with E-state index in [1.165, 1.54) is 18.2 Å². The van der Waals surface area contributed by atoms with Gasteiger partial charge in [0.25, 0.3) is 5.91 Å². The molecule has 1 saturated heterocycles. The summed E-state index contributed by atoms with van der Waals surface area (Å²) in [5.74, 6) is -0.704. The minimum absolute atomic E-state index is 0.0390. The molecule has 1 aliphatic rings. The first-order chi connectivity index (χ1) is 8.58. The standard InChI is InChI=1S/C12H13FN2O2S/c13-7-3-4-9(8(6-7)11(14)18)15-12(16)10-2-1-5-17-10/h3-4,6,10H,1-2,5H2,(H2,14,18)(H,15,16). The van der Waals surface area contributed by atoms with Crippen LogP contribution in [0.3, 0.4) is 0 Å². The lowest BCUT2D eigenvalue weighted by molar-refractivity contribution is -0.124. The summed E-state index contributed by atoms with van der Waals surface area (Å²) in [7, 11) is 0. The highest BCUT2D eigenvalue weighted by atomic mass is 32.1. The van der Waals surface area contributed by atoms with E-state index in [2.05, 4.69) is 5.32 Å². The third-order valence-electron chi connectivity index (χ3n) is 2.73. The second kappa shape index (κ2) is 5.41. The molecule has 1 aromatic rings. The van der Waals surface area contributed by atoms with Gasteiger partial charge in [0.1, 0.15) is 16.9 Å². The van der Waals surface area contributed by atoms with Crippen molar-refractivity contribution in [2.24, 2.45) is 5.73 Å². The number of carbonyl (C=O) groups excluding carboxylic acids is 1. The van der Waals surface area contributed by atoms with E-state index < -0.39 is 11.9 Å². The van der Waals surface area contributed by atoms with Crippen molar-refractivity contribution in [3.8, 4) is 0 Å². The zero-order valence-corrected chi connectivity index (χ0v) is 10.4. The molecule has 0 saturated carbocycles. The minimum atomic E-state index is -0.451. The molecular formula is C12H13FN2O2S. The Morgan fingerprint density at radius 1 is 1.56 bits per heavy atom. The molecule has 1 amide bonds. The maximum Gasteiger partial charge on any atom is 0.253 e. The first-order valence-electron chi connectivity index (χ1n) is 5.60. The Balaban J connectivity index is 2.17. The molecule has 6 heteroatoms. The summed E-state index contributed by atoms with van der Waals surface area (Å²) in [5, 5.41) is 2.66. The summed E-state index contributed by atoms with van der Waals surface area (Å²) >= 11 is 4.83. The maximum atomic E-state index is 13.1. The SMILES string of the molecule is NC(=S)c1cc(F)ccc1NC(=O)C1CCCO1. The summed E-state index contributed by atoms with van der Waals surface area (Å²) in [6, 6.07) is 3.89. The lowest BCUT2D eigenvalue weighted by Gasteiger charge is -2.13. The number of rotatable bonds is 3. The predicted octanol–water partition coefficient (Wildman–Crippen LogP) is 1.58. The van der Waals surface area contributed by atoms with Crippen LogP contribution in [-0.2, 0) is 9.53 Å². The summed E-state index contributed by atoms with van der Waals surface area (Å²) in [6.07, 6.45) is 1.10. The number of amides is 1. The van der Waals surface area contributed by atoms with E-state index in [9.17, 15) is 9.18 Å². The minimum Gasteiger partial charge on any atom is -0.389 e. The number of halogens is 1. The van der Waals surface area contributed by atoms with Crippen molar-refractivity contribution in [2.75, 3.05) is 11.9 Å². The quantitative estimate of drug-likeness (QED) is 0.817. The van der Waals surface area contributed by atoms with Crippen LogP contribution in [0.1, 0.15) is 18.4 Å². The van der Waals surface area contributed by atoms with Crippen molar-refractivity contribution >= 4 is 28.8 Å². The zero-order valence-electron chi connectivity index (χ0n) is 9.61. The van der Waals surface area contributed by atoms with Gasteiger partial charge in [-0.05, 0) is 31.0 Å². The van der Waals surface area contributed by atoms with E-state index in [0.29, 0.717) is 24.3 Å². The van der Waals surface area contributed by atoms with E-state index in [-0.39, 0.29) is 10.9 Å². The van der Waals surface area contributed by atoms with Crippen molar-refractivity contribution in [3.05, 3.63) is 29.6 Å². The molecule has 4 nitrogen and oxygen atoms in total. The van der Waals surface area contributed by atoms with Gasteiger partial charge in [-0.15, -0.1) is 0 Å². The molecule has 1 atom stereocenters. The van der Waals surface area contributed by atoms with E-state index in [0.717, 1.165) is 6.42 Å². The van der Waals surface area contributed by atoms with E-state index in [1.807, 2.05) is 0 Å². The highest BCUT2D eigenvalue weighted by Gasteiger charge is 2.24. The van der Waals surface area contributed by atoms with Gasteiger partial charge in [-0.1, -0.05) is 12.2 Å². The Labute approximate surface area is 109 Å². The highest BCUT2D eigenvalue weighted by molar-refractivity contribution is 7.80. The van der Waals surface area contributed by atoms with Crippen LogP contribution < -0.4 is 11.1 Å². The van der Waals surface area contributed by atoms with Crippen molar-refractivity contribution in [3.63, 3.8) is 0 Å². The summed E-state index contributed by atoms with van der Waals surface area (Å²) in [5.41, 5.74) is 6.22. The van der Waals surface area contributed by atoms with Crippen LogP contribution in [0.15, 0.2) is 18.2 Å². The Hall–Kier alpha value is -1.53. The number of anilines is 1. The van der Waals surface area contributed by atoms with Crippen LogP contribution in [0.5, 0.6) is 0 Å². The number of benzene rings is 1. The average Bonchev–Trinajstić information content (AvgIpc) is 2.84. The van der Waals surface area contributed by atoms with Crippen molar-refractivity contribution in [1.82, 2.24) is 0 Å². The van der Waals surface area contributed by atoms with Gasteiger partial charge in [-0.25, -0.2) is 4.39 Å². The van der Waals surface area contributed by atoms with Gasteiger partial charge in [0.15, 0.2) is 0 Å². The Kier molecular flexibility index (Phi) is 3.88. The Morgan fingerprint density at radius 2 is 2.33 bits per heavy atom. The summed E-state index contributed by atoms with van der Waals surface area (Å²) in [4.78, 5) is 11.9. The van der Waals surface area contributed by atoms with Gasteiger partial charge >= 0.3 is 0 Å². The monoisotopic (exact) mass is 268 g/mol. The first kappa shape index (κ1) is 12.9. The first-order valence-corrected chi connectivity index (χ1v) is 6.00. The Morgan fingerprint density at radius 3 is 2.94 bits per heavy atom. The van der Waals surface area contributed by atoms with Crippen LogP contribution in [0.2, 0.25) is 0 Å². The number of hydrogen-bond acceptors (Lipinski definition) is 3. The topological polar surface area (TPSA) is 64.3 Å². The third kappa shape index (κ3) is 2.83. The third-order valence-corrected chi connectivity index (χ3v) is 2.95. The lowest BCUT2D eigenvalue weighted by Crippen LogP contribution is -2.28. The summed E-state index contributed by atoms with van der Waals surface area (Å²) < 4.78 is 18.4. The molecule has 0 radical (unpaired) electrons. The largest absolute Gasteiger partial charge is 0.389 e. The fourth-order valence-corrected chi connectivity index (χ4v) is 2.00. The normalized spacial score (nSPS) is 18.6. The van der Waals surface area contributed by atoms with Gasteiger partial charge in [-0.2, -0.15) is 0 Å². The van der Waals surface area contributed by atoms with Gasteiger partial charge < -0.3 is 15.8 Å². The molecule has 1 heterocycles. The second-order valence-corrected chi connectivity index (χ2v) is 4.48. The van der Waals surface area contributed by atoms with Crippen molar-refractivity contribution < 1.29 is 13.9 Å². The molecule has 3 N–H and O–H groups in total. The molecule has 2 rings (SSSR count). The van der Waals surface area contributed by atoms with E-state index in [1.54, 1.807) is 0 Å². The lowest BCUT2D eigenvalue weighted by atomic mass is 10.1. The predicted molar refractivity (Wildman–Crippen MR) is 69.9 cm³/mol. The number of carbonyl (C=O) groups is 1. The van der Waals surface area contributed by atoms with Gasteiger partial charge in [0, 0.05) is 12.2 Å². The van der Waals surface area contributed by atoms with Crippen LogP contribution >= 0.6 is 12.2 Å². The molecular weight excluding hydrogens is 255 g/mol. The molecule has 1 aliphatic heterocycles. The molecule has 96 valence electrons. The summed E-state index contributed by atoms with van der Waals surface area (Å²) in [6.45, 7) is 0.587. The zero-order chi connectivity index (χ0) is 13.1. The van der Waals surface area contributed by atoms with Crippen molar-refractivity contribution in [1.29, 1.82) is 0 Å². The number of nitrogens with two attached hydrogens (primary N) is 1. The van der Waals surface area contributed by atoms with Gasteiger partial charge in [-0.3, -0.25) is 4.79 Å². The van der Waals surface area contributed by atoms with Crippen LogP contribution in [-0.4, -0.2) is 23.6 Å². The smallest absolute Gasteiger partial charge is 0.253 e. The highest BCUT2D eigenvalue weighted by Crippen LogP contribution is 2.19. The molecule has 1 aromatic carbocycles. The molecule has 18 heavy (non-hydrogen) atoms. The molecule has 1 unspecified atom stereocenters. The number of thiocarbonyl (C=S) groups is 1. The molecule has 0 spiro atoms.